The molecule has 0 unspecified atom stereocenters. The van der Waals surface area contributed by atoms with Crippen molar-refractivity contribution in [3.8, 4) is 17.2 Å². The molecule has 1 heterocycles. The lowest BCUT2D eigenvalue weighted by Gasteiger charge is -2.06. The van der Waals surface area contributed by atoms with Gasteiger partial charge in [-0.05, 0) is 31.0 Å². The van der Waals surface area contributed by atoms with E-state index >= 15 is 0 Å². The monoisotopic (exact) mass is 343 g/mol. The van der Waals surface area contributed by atoms with E-state index in [-0.39, 0.29) is 5.25 Å². The van der Waals surface area contributed by atoms with Crippen molar-refractivity contribution in [2.45, 2.75) is 48.4 Å². The zero-order valence-electron chi connectivity index (χ0n) is 13.5. The normalized spacial score (nSPS) is 11.9. The lowest BCUT2D eigenvalue weighted by atomic mass is 10.1. The van der Waals surface area contributed by atoms with Gasteiger partial charge in [0.25, 0.3) is 0 Å². The van der Waals surface area contributed by atoms with E-state index in [4.69, 9.17) is 5.26 Å². The lowest BCUT2D eigenvalue weighted by Crippen LogP contribution is -1.90. The van der Waals surface area contributed by atoms with Crippen LogP contribution in [0.25, 0.3) is 11.1 Å². The fourth-order valence-electron chi connectivity index (χ4n) is 2.01. The second kappa shape index (κ2) is 9.59. The number of thioether (sulfide) groups is 2. The van der Waals surface area contributed by atoms with Gasteiger partial charge in [0.05, 0.1) is 11.3 Å². The Morgan fingerprint density at radius 2 is 1.78 bits per heavy atom. The second-order valence-electron chi connectivity index (χ2n) is 5.22. The predicted octanol–water partition coefficient (Wildman–Crippen LogP) is 5.43. The number of aromatic nitrogens is 2. The molecule has 0 fully saturated rings. The average molecular weight is 344 g/mol. The molecule has 0 saturated carbocycles. The smallest absolute Gasteiger partial charge is 0.187 e. The van der Waals surface area contributed by atoms with Crippen molar-refractivity contribution >= 4 is 23.5 Å². The Balaban J connectivity index is 1.95. The van der Waals surface area contributed by atoms with E-state index in [1.54, 1.807) is 23.5 Å². The molecule has 0 aliphatic heterocycles. The number of nitrogens with zero attached hydrogens (tertiary/aromatic N) is 3. The van der Waals surface area contributed by atoms with Gasteiger partial charge in [-0.1, -0.05) is 43.7 Å². The molecule has 1 atom stereocenters. The van der Waals surface area contributed by atoms with E-state index in [1.165, 1.54) is 19.3 Å². The molecule has 2 rings (SSSR count). The SMILES string of the molecule is CCCCCSc1ncc(-c2ccc(S[C@H](C)C#N)cc2)cn1. The van der Waals surface area contributed by atoms with Gasteiger partial charge in [-0.25, -0.2) is 9.97 Å². The number of benzene rings is 1. The summed E-state index contributed by atoms with van der Waals surface area (Å²) in [4.78, 5) is 9.98. The fourth-order valence-corrected chi connectivity index (χ4v) is 3.55. The van der Waals surface area contributed by atoms with E-state index in [0.29, 0.717) is 0 Å². The molecular weight excluding hydrogens is 322 g/mol. The summed E-state index contributed by atoms with van der Waals surface area (Å²) in [7, 11) is 0. The van der Waals surface area contributed by atoms with Crippen LogP contribution in [0.3, 0.4) is 0 Å². The Bertz CT molecular complexity index is 633. The van der Waals surface area contributed by atoms with Crippen LogP contribution in [0.15, 0.2) is 46.7 Å². The van der Waals surface area contributed by atoms with Crippen molar-refractivity contribution < 1.29 is 0 Å². The summed E-state index contributed by atoms with van der Waals surface area (Å²) in [5.41, 5.74) is 2.12. The maximum absolute atomic E-state index is 8.86. The van der Waals surface area contributed by atoms with Gasteiger partial charge in [0.15, 0.2) is 5.16 Å². The summed E-state index contributed by atoms with van der Waals surface area (Å²) in [5.74, 6) is 1.08. The van der Waals surface area contributed by atoms with Gasteiger partial charge in [0.1, 0.15) is 0 Å². The number of hydrogen-bond acceptors (Lipinski definition) is 5. The molecular formula is C18H21N3S2. The maximum atomic E-state index is 8.86. The van der Waals surface area contributed by atoms with E-state index < -0.39 is 0 Å². The zero-order valence-corrected chi connectivity index (χ0v) is 15.2. The highest BCUT2D eigenvalue weighted by Gasteiger charge is 2.04. The van der Waals surface area contributed by atoms with Gasteiger partial charge in [0, 0.05) is 28.6 Å². The van der Waals surface area contributed by atoms with Crippen molar-refractivity contribution in [1.29, 1.82) is 5.26 Å². The molecule has 23 heavy (non-hydrogen) atoms. The molecule has 5 heteroatoms. The molecule has 0 bridgehead atoms. The molecule has 120 valence electrons. The molecule has 1 aromatic carbocycles. The van der Waals surface area contributed by atoms with Crippen molar-refractivity contribution in [3.05, 3.63) is 36.7 Å². The molecule has 0 aliphatic rings. The molecule has 2 aromatic rings. The summed E-state index contributed by atoms with van der Waals surface area (Å²) in [6.45, 7) is 4.12. The fraction of sp³-hybridized carbons (Fsp3) is 0.389. The number of rotatable bonds is 8. The quantitative estimate of drug-likeness (QED) is 0.363. The minimum atomic E-state index is -0.0341. The van der Waals surface area contributed by atoms with Crippen LogP contribution >= 0.6 is 23.5 Å². The summed E-state index contributed by atoms with van der Waals surface area (Å²) >= 11 is 3.29. The van der Waals surface area contributed by atoms with Crippen LogP contribution in [0.1, 0.15) is 33.1 Å². The molecule has 1 aromatic heterocycles. The Hall–Kier alpha value is -1.51. The minimum Gasteiger partial charge on any atom is -0.230 e. The maximum Gasteiger partial charge on any atom is 0.187 e. The van der Waals surface area contributed by atoms with Crippen molar-refractivity contribution in [2.75, 3.05) is 5.75 Å². The van der Waals surface area contributed by atoms with Crippen LogP contribution in [0.2, 0.25) is 0 Å². The molecule has 3 nitrogen and oxygen atoms in total. The predicted molar refractivity (Wildman–Crippen MR) is 98.6 cm³/mol. The summed E-state index contributed by atoms with van der Waals surface area (Å²) in [6, 6.07) is 10.4. The van der Waals surface area contributed by atoms with Crippen LogP contribution in [-0.4, -0.2) is 21.0 Å². The first-order valence-corrected chi connectivity index (χ1v) is 9.71. The van der Waals surface area contributed by atoms with Crippen LogP contribution in [0.4, 0.5) is 0 Å². The van der Waals surface area contributed by atoms with Crippen molar-refractivity contribution in [2.24, 2.45) is 0 Å². The highest BCUT2D eigenvalue weighted by atomic mass is 32.2. The van der Waals surface area contributed by atoms with Gasteiger partial charge in [-0.15, -0.1) is 11.8 Å². The van der Waals surface area contributed by atoms with Gasteiger partial charge in [-0.3, -0.25) is 0 Å². The lowest BCUT2D eigenvalue weighted by molar-refractivity contribution is 0.777. The zero-order chi connectivity index (χ0) is 16.5. The molecule has 0 amide bonds. The molecule has 0 radical (unpaired) electrons. The summed E-state index contributed by atoms with van der Waals surface area (Å²) in [5, 5.41) is 9.67. The Morgan fingerprint density at radius 1 is 1.09 bits per heavy atom. The van der Waals surface area contributed by atoms with Gasteiger partial charge in [0.2, 0.25) is 0 Å². The van der Waals surface area contributed by atoms with Gasteiger partial charge in [-0.2, -0.15) is 5.26 Å². The van der Waals surface area contributed by atoms with E-state index in [2.05, 4.69) is 35.1 Å². The van der Waals surface area contributed by atoms with E-state index in [1.807, 2.05) is 31.5 Å². The third-order valence-electron chi connectivity index (χ3n) is 3.29. The van der Waals surface area contributed by atoms with Gasteiger partial charge < -0.3 is 0 Å². The Kier molecular flexibility index (Phi) is 7.44. The Morgan fingerprint density at radius 3 is 2.39 bits per heavy atom. The summed E-state index contributed by atoms with van der Waals surface area (Å²) in [6.07, 6.45) is 7.48. The molecule has 0 spiro atoms. The second-order valence-corrected chi connectivity index (χ2v) is 7.70. The van der Waals surface area contributed by atoms with Crippen molar-refractivity contribution in [1.82, 2.24) is 9.97 Å². The summed E-state index contributed by atoms with van der Waals surface area (Å²) < 4.78 is 0. The first-order valence-electron chi connectivity index (χ1n) is 7.84. The van der Waals surface area contributed by atoms with E-state index in [0.717, 1.165) is 26.9 Å². The van der Waals surface area contributed by atoms with Gasteiger partial charge >= 0.3 is 0 Å². The molecule has 0 aliphatic carbocycles. The van der Waals surface area contributed by atoms with Crippen LogP contribution in [0.5, 0.6) is 0 Å². The van der Waals surface area contributed by atoms with Crippen LogP contribution < -0.4 is 0 Å². The third kappa shape index (κ3) is 5.89. The first-order chi connectivity index (χ1) is 11.2. The van der Waals surface area contributed by atoms with E-state index in [9.17, 15) is 0 Å². The average Bonchev–Trinajstić information content (AvgIpc) is 2.60. The first kappa shape index (κ1) is 17.8. The largest absolute Gasteiger partial charge is 0.230 e. The topological polar surface area (TPSA) is 49.6 Å². The standard InChI is InChI=1S/C18H21N3S2/c1-3-4-5-10-22-18-20-12-16(13-21-18)15-6-8-17(9-7-15)23-14(2)11-19/h6-9,12-14H,3-5,10H2,1-2H3/t14-/m1/s1. The number of unbranched alkanes of at least 4 members (excludes halogenated alkanes) is 2. The highest BCUT2D eigenvalue weighted by molar-refractivity contribution is 8.00. The Labute approximate surface area is 146 Å². The number of nitriles is 1. The van der Waals surface area contributed by atoms with Crippen LogP contribution in [0, 0.1) is 11.3 Å². The molecule has 0 N–H and O–H groups in total. The van der Waals surface area contributed by atoms with Crippen molar-refractivity contribution in [3.63, 3.8) is 0 Å². The highest BCUT2D eigenvalue weighted by Crippen LogP contribution is 2.26. The molecule has 0 saturated heterocycles. The van der Waals surface area contributed by atoms with Crippen LogP contribution in [-0.2, 0) is 0 Å². The number of hydrogen-bond donors (Lipinski definition) is 0. The third-order valence-corrected chi connectivity index (χ3v) is 5.25. The minimum absolute atomic E-state index is 0.0341.